The number of carbonyl (C=O) groups is 2. The van der Waals surface area contributed by atoms with Gasteiger partial charge in [-0.25, -0.2) is 4.98 Å². The molecule has 1 fully saturated rings. The van der Waals surface area contributed by atoms with Crippen LogP contribution in [0.25, 0.3) is 0 Å². The molecule has 6 nitrogen and oxygen atoms in total. The first-order valence-electron chi connectivity index (χ1n) is 9.85. The maximum absolute atomic E-state index is 13.1. The second-order valence-electron chi connectivity index (χ2n) is 7.52. The summed E-state index contributed by atoms with van der Waals surface area (Å²) in [5.41, 5.74) is 3.26. The average Bonchev–Trinajstić information content (AvgIpc) is 3.33. The first-order valence-corrected chi connectivity index (χ1v) is 10.7. The fraction of sp³-hybridized carbons (Fsp3) is 0.476. The molecule has 3 heterocycles. The molecule has 1 saturated heterocycles. The SMILES string of the molecule is Cc1csc(CC(=O)N2CCN([C@H](C)C(=O)N3CCc4ccccc43)CC2)n1. The van der Waals surface area contributed by atoms with Crippen LogP contribution in [0.5, 0.6) is 0 Å². The third-order valence-electron chi connectivity index (χ3n) is 5.69. The predicted octanol–water partition coefficient (Wildman–Crippen LogP) is 2.12. The molecule has 1 aromatic heterocycles. The number of hydrogen-bond donors (Lipinski definition) is 0. The second-order valence-corrected chi connectivity index (χ2v) is 8.46. The molecule has 2 aromatic rings. The quantitative estimate of drug-likeness (QED) is 0.792. The lowest BCUT2D eigenvalue weighted by Gasteiger charge is -2.38. The Morgan fingerprint density at radius 2 is 1.89 bits per heavy atom. The van der Waals surface area contributed by atoms with Crippen LogP contribution in [0.1, 0.15) is 23.2 Å². The first-order chi connectivity index (χ1) is 13.5. The highest BCUT2D eigenvalue weighted by molar-refractivity contribution is 7.09. The van der Waals surface area contributed by atoms with Gasteiger partial charge < -0.3 is 9.80 Å². The zero-order valence-electron chi connectivity index (χ0n) is 16.4. The van der Waals surface area contributed by atoms with Gasteiger partial charge in [0.05, 0.1) is 12.5 Å². The smallest absolute Gasteiger partial charge is 0.244 e. The lowest BCUT2D eigenvalue weighted by atomic mass is 10.1. The Balaban J connectivity index is 1.32. The van der Waals surface area contributed by atoms with Crippen molar-refractivity contribution in [2.24, 2.45) is 0 Å². The highest BCUT2D eigenvalue weighted by Gasteiger charge is 2.33. The number of anilines is 1. The number of benzene rings is 1. The van der Waals surface area contributed by atoms with E-state index in [1.54, 1.807) is 11.3 Å². The van der Waals surface area contributed by atoms with E-state index in [1.807, 2.05) is 47.2 Å². The number of thiazole rings is 1. The molecule has 2 amide bonds. The van der Waals surface area contributed by atoms with Crippen LogP contribution in [0.15, 0.2) is 29.6 Å². The molecule has 148 valence electrons. The fourth-order valence-electron chi connectivity index (χ4n) is 4.03. The molecular formula is C21H26N4O2S. The molecule has 0 saturated carbocycles. The Hall–Kier alpha value is -2.25. The van der Waals surface area contributed by atoms with Crippen molar-refractivity contribution in [3.63, 3.8) is 0 Å². The van der Waals surface area contributed by atoms with E-state index >= 15 is 0 Å². The van der Waals surface area contributed by atoms with Gasteiger partial charge in [0.2, 0.25) is 11.8 Å². The fourth-order valence-corrected chi connectivity index (χ4v) is 4.80. The van der Waals surface area contributed by atoms with Crippen molar-refractivity contribution >= 4 is 28.8 Å². The Morgan fingerprint density at radius 3 is 2.61 bits per heavy atom. The maximum Gasteiger partial charge on any atom is 0.244 e. The van der Waals surface area contributed by atoms with Gasteiger partial charge in [0, 0.05) is 49.5 Å². The van der Waals surface area contributed by atoms with Crippen molar-refractivity contribution in [1.82, 2.24) is 14.8 Å². The number of carbonyl (C=O) groups excluding carboxylic acids is 2. The molecule has 1 atom stereocenters. The zero-order valence-corrected chi connectivity index (χ0v) is 17.2. The Bertz CT molecular complexity index is 873. The summed E-state index contributed by atoms with van der Waals surface area (Å²) in [7, 11) is 0. The van der Waals surface area contributed by atoms with Crippen molar-refractivity contribution in [2.75, 3.05) is 37.6 Å². The number of fused-ring (bicyclic) bond motifs is 1. The van der Waals surface area contributed by atoms with Crippen molar-refractivity contribution in [3.8, 4) is 0 Å². The van der Waals surface area contributed by atoms with Gasteiger partial charge in [-0.05, 0) is 31.9 Å². The standard InChI is InChI=1S/C21H26N4O2S/c1-15-14-28-19(22-15)13-20(26)24-11-9-23(10-12-24)16(2)21(27)25-8-7-17-5-3-4-6-18(17)25/h3-6,14,16H,7-13H2,1-2H3/t16-/m1/s1. The predicted molar refractivity (Wildman–Crippen MR) is 111 cm³/mol. The Labute approximate surface area is 169 Å². The van der Waals surface area contributed by atoms with E-state index in [9.17, 15) is 9.59 Å². The molecule has 7 heteroatoms. The molecule has 0 N–H and O–H groups in total. The molecule has 1 aromatic carbocycles. The van der Waals surface area contributed by atoms with E-state index in [0.29, 0.717) is 19.5 Å². The summed E-state index contributed by atoms with van der Waals surface area (Å²) in [4.78, 5) is 36.0. The minimum atomic E-state index is -0.176. The van der Waals surface area contributed by atoms with Crippen molar-refractivity contribution in [3.05, 3.63) is 45.9 Å². The van der Waals surface area contributed by atoms with Gasteiger partial charge in [0.1, 0.15) is 5.01 Å². The van der Waals surface area contributed by atoms with Crippen molar-refractivity contribution in [1.29, 1.82) is 0 Å². The van der Waals surface area contributed by atoms with Crippen LogP contribution in [0.2, 0.25) is 0 Å². The highest BCUT2D eigenvalue weighted by Crippen LogP contribution is 2.28. The van der Waals surface area contributed by atoms with Crippen LogP contribution in [0, 0.1) is 6.92 Å². The van der Waals surface area contributed by atoms with Crippen LogP contribution >= 0.6 is 11.3 Å². The van der Waals surface area contributed by atoms with Crippen LogP contribution in [-0.2, 0) is 22.4 Å². The van der Waals surface area contributed by atoms with Gasteiger partial charge in [-0.1, -0.05) is 18.2 Å². The Kier molecular flexibility index (Phi) is 5.46. The summed E-state index contributed by atoms with van der Waals surface area (Å²) in [6.07, 6.45) is 1.30. The molecule has 0 bridgehead atoms. The number of nitrogens with zero attached hydrogens (tertiary/aromatic N) is 4. The zero-order chi connectivity index (χ0) is 19.7. The average molecular weight is 399 g/mol. The lowest BCUT2D eigenvalue weighted by Crippen LogP contribution is -2.55. The van der Waals surface area contributed by atoms with E-state index < -0.39 is 0 Å². The van der Waals surface area contributed by atoms with Gasteiger partial charge in [0.25, 0.3) is 0 Å². The minimum absolute atomic E-state index is 0.126. The van der Waals surface area contributed by atoms with Gasteiger partial charge in [-0.15, -0.1) is 11.3 Å². The molecule has 2 aliphatic heterocycles. The number of hydrogen-bond acceptors (Lipinski definition) is 5. The summed E-state index contributed by atoms with van der Waals surface area (Å²) in [5.74, 6) is 0.282. The molecule has 4 rings (SSSR count). The maximum atomic E-state index is 13.1. The first kappa shape index (κ1) is 19.1. The van der Waals surface area contributed by atoms with Crippen LogP contribution in [0.3, 0.4) is 0 Å². The van der Waals surface area contributed by atoms with Crippen LogP contribution in [-0.4, -0.2) is 65.4 Å². The minimum Gasteiger partial charge on any atom is -0.340 e. The summed E-state index contributed by atoms with van der Waals surface area (Å²) < 4.78 is 0. The highest BCUT2D eigenvalue weighted by atomic mass is 32.1. The third-order valence-corrected chi connectivity index (χ3v) is 6.66. The number of rotatable bonds is 4. The number of para-hydroxylation sites is 1. The Morgan fingerprint density at radius 1 is 1.14 bits per heavy atom. The van der Waals surface area contributed by atoms with Crippen LogP contribution in [0.4, 0.5) is 5.69 Å². The lowest BCUT2D eigenvalue weighted by molar-refractivity contribution is -0.133. The summed E-state index contributed by atoms with van der Waals surface area (Å²) in [6.45, 7) is 7.47. The number of amides is 2. The van der Waals surface area contributed by atoms with Crippen molar-refractivity contribution in [2.45, 2.75) is 32.7 Å². The molecule has 0 aliphatic carbocycles. The van der Waals surface area contributed by atoms with Gasteiger partial charge in [-0.2, -0.15) is 0 Å². The third kappa shape index (κ3) is 3.82. The molecule has 0 radical (unpaired) electrons. The summed E-state index contributed by atoms with van der Waals surface area (Å²) in [5, 5.41) is 2.85. The van der Waals surface area contributed by atoms with E-state index in [1.165, 1.54) is 5.56 Å². The number of piperazine rings is 1. The van der Waals surface area contributed by atoms with Gasteiger partial charge in [0.15, 0.2) is 0 Å². The second kappa shape index (κ2) is 8.01. The normalized spacial score (nSPS) is 18.2. The van der Waals surface area contributed by atoms with Crippen LogP contribution < -0.4 is 4.90 Å². The molecule has 2 aliphatic rings. The van der Waals surface area contributed by atoms with Crippen molar-refractivity contribution < 1.29 is 9.59 Å². The van der Waals surface area contributed by atoms with E-state index in [0.717, 1.165) is 42.4 Å². The van der Waals surface area contributed by atoms with Gasteiger partial charge in [-0.3, -0.25) is 14.5 Å². The van der Waals surface area contributed by atoms with E-state index in [-0.39, 0.29) is 17.9 Å². The van der Waals surface area contributed by atoms with E-state index in [4.69, 9.17) is 0 Å². The topological polar surface area (TPSA) is 56.8 Å². The van der Waals surface area contributed by atoms with E-state index in [2.05, 4.69) is 16.0 Å². The van der Waals surface area contributed by atoms with Gasteiger partial charge >= 0.3 is 0 Å². The summed E-state index contributed by atoms with van der Waals surface area (Å²) in [6, 6.07) is 7.97. The monoisotopic (exact) mass is 398 g/mol. The molecular weight excluding hydrogens is 372 g/mol. The molecule has 0 spiro atoms. The molecule has 28 heavy (non-hydrogen) atoms. The molecule has 0 unspecified atom stereocenters. The number of aromatic nitrogens is 1. The number of aryl methyl sites for hydroxylation is 1. The summed E-state index contributed by atoms with van der Waals surface area (Å²) >= 11 is 1.54. The largest absolute Gasteiger partial charge is 0.340 e.